The van der Waals surface area contributed by atoms with Gasteiger partial charge < -0.3 is 20.3 Å². The van der Waals surface area contributed by atoms with E-state index in [4.69, 9.17) is 15.2 Å². The summed E-state index contributed by atoms with van der Waals surface area (Å²) in [6, 6.07) is 24.6. The first-order chi connectivity index (χ1) is 18.0. The fraction of sp³-hybridized carbons (Fsp3) is 0.310. The van der Waals surface area contributed by atoms with Crippen molar-refractivity contribution in [1.82, 2.24) is 10.2 Å². The number of hydrogen-bond acceptors (Lipinski definition) is 8. The molecule has 8 heteroatoms. The quantitative estimate of drug-likeness (QED) is 0.267. The monoisotopic (exact) mass is 533 g/mol. The van der Waals surface area contributed by atoms with E-state index in [9.17, 15) is 5.11 Å². The topological polar surface area (TPSA) is 90.5 Å². The highest BCUT2D eigenvalue weighted by Crippen LogP contribution is 2.43. The molecule has 1 aliphatic heterocycles. The van der Waals surface area contributed by atoms with Crippen molar-refractivity contribution in [3.63, 3.8) is 0 Å². The van der Waals surface area contributed by atoms with E-state index in [1.807, 2.05) is 49.4 Å². The highest BCUT2D eigenvalue weighted by molar-refractivity contribution is 8.01. The Morgan fingerprint density at radius 1 is 0.919 bits per heavy atom. The van der Waals surface area contributed by atoms with Crippen LogP contribution in [-0.2, 0) is 22.6 Å². The van der Waals surface area contributed by atoms with E-state index < -0.39 is 6.29 Å². The summed E-state index contributed by atoms with van der Waals surface area (Å²) >= 11 is 3.28. The van der Waals surface area contributed by atoms with Crippen LogP contribution < -0.4 is 5.73 Å². The maximum atomic E-state index is 9.49. The van der Waals surface area contributed by atoms with Crippen LogP contribution in [0.3, 0.4) is 0 Å². The van der Waals surface area contributed by atoms with Crippen LogP contribution in [0.15, 0.2) is 77.1 Å². The van der Waals surface area contributed by atoms with Gasteiger partial charge in [-0.05, 0) is 46.9 Å². The summed E-state index contributed by atoms with van der Waals surface area (Å²) in [6.45, 7) is 4.66. The minimum absolute atomic E-state index is 0.0196. The van der Waals surface area contributed by atoms with Gasteiger partial charge in [-0.25, -0.2) is 0 Å². The Bertz CT molecular complexity index is 1330. The molecule has 0 bridgehead atoms. The van der Waals surface area contributed by atoms with Crippen molar-refractivity contribution in [2.45, 2.75) is 49.8 Å². The number of hydrogen-bond donors (Lipinski definition) is 2. The van der Waals surface area contributed by atoms with E-state index in [2.05, 4.69) is 47.5 Å². The molecule has 5 rings (SSSR count). The van der Waals surface area contributed by atoms with Crippen molar-refractivity contribution >= 4 is 23.1 Å². The number of benzene rings is 3. The average molecular weight is 534 g/mol. The van der Waals surface area contributed by atoms with Gasteiger partial charge >= 0.3 is 0 Å². The molecule has 37 heavy (non-hydrogen) atoms. The molecule has 1 saturated heterocycles. The Labute approximate surface area is 225 Å². The largest absolute Gasteiger partial charge is 0.392 e. The van der Waals surface area contributed by atoms with E-state index in [1.54, 1.807) is 23.1 Å². The highest BCUT2D eigenvalue weighted by atomic mass is 32.2. The van der Waals surface area contributed by atoms with Gasteiger partial charge in [-0.3, -0.25) is 0 Å². The fourth-order valence-corrected chi connectivity index (χ4v) is 6.55. The van der Waals surface area contributed by atoms with E-state index in [1.165, 1.54) is 0 Å². The number of nitrogens with zero attached hydrogens (tertiary/aromatic N) is 2. The van der Waals surface area contributed by atoms with Crippen LogP contribution in [0.1, 0.15) is 46.6 Å². The predicted octanol–water partition coefficient (Wildman–Crippen LogP) is 6.05. The molecule has 3 aromatic carbocycles. The number of thioether (sulfide) groups is 1. The Balaban J connectivity index is 1.43. The van der Waals surface area contributed by atoms with E-state index >= 15 is 0 Å². The number of ether oxygens (including phenoxy) is 2. The third-order valence-electron chi connectivity index (χ3n) is 6.66. The Kier molecular flexibility index (Phi) is 8.34. The van der Waals surface area contributed by atoms with Gasteiger partial charge in [0.05, 0.1) is 18.8 Å². The van der Waals surface area contributed by atoms with Gasteiger partial charge in [0, 0.05) is 23.8 Å². The summed E-state index contributed by atoms with van der Waals surface area (Å²) in [5, 5.41) is 18.9. The molecule has 3 N–H and O–H groups in total. The van der Waals surface area contributed by atoms with E-state index in [-0.39, 0.29) is 24.7 Å². The SMILES string of the molecule is Cc1nnc(SCC2OC(c3cccc(-c4cccc(CN)c4)c3)OC(c3ccc(CO)cc3)C2C)s1. The van der Waals surface area contributed by atoms with Crippen LogP contribution >= 0.6 is 23.1 Å². The first-order valence-electron chi connectivity index (χ1n) is 12.4. The number of aromatic nitrogens is 2. The molecule has 6 nitrogen and oxygen atoms in total. The molecule has 4 unspecified atom stereocenters. The van der Waals surface area contributed by atoms with Gasteiger partial charge in [-0.2, -0.15) is 0 Å². The highest BCUT2D eigenvalue weighted by Gasteiger charge is 2.38. The fourth-order valence-electron chi connectivity index (χ4n) is 4.54. The summed E-state index contributed by atoms with van der Waals surface area (Å²) in [4.78, 5) is 0. The van der Waals surface area contributed by atoms with E-state index in [0.717, 1.165) is 48.5 Å². The molecule has 2 heterocycles. The van der Waals surface area contributed by atoms with Gasteiger partial charge in [0.25, 0.3) is 0 Å². The van der Waals surface area contributed by atoms with Crippen molar-refractivity contribution < 1.29 is 14.6 Å². The normalized spacial score (nSPS) is 21.7. The van der Waals surface area contributed by atoms with Crippen molar-refractivity contribution in [2.75, 3.05) is 5.75 Å². The minimum atomic E-state index is -0.516. The van der Waals surface area contributed by atoms with Crippen LogP contribution in [0.25, 0.3) is 11.1 Å². The lowest BCUT2D eigenvalue weighted by molar-refractivity contribution is -0.268. The molecule has 0 aliphatic carbocycles. The second-order valence-corrected chi connectivity index (χ2v) is 11.7. The second kappa shape index (κ2) is 11.9. The van der Waals surface area contributed by atoms with Crippen molar-refractivity contribution in [3.05, 3.63) is 100 Å². The summed E-state index contributed by atoms with van der Waals surface area (Å²) in [7, 11) is 0. The Hall–Kier alpha value is -2.59. The number of aryl methyl sites for hydroxylation is 1. The lowest BCUT2D eigenvalue weighted by atomic mass is 9.91. The third-order valence-corrected chi connectivity index (χ3v) is 8.72. The van der Waals surface area contributed by atoms with Gasteiger partial charge in [0.1, 0.15) is 5.01 Å². The first kappa shape index (κ1) is 26.0. The van der Waals surface area contributed by atoms with Crippen LogP contribution in [-0.4, -0.2) is 27.2 Å². The summed E-state index contributed by atoms with van der Waals surface area (Å²) in [5.41, 5.74) is 12.1. The maximum absolute atomic E-state index is 9.49. The summed E-state index contributed by atoms with van der Waals surface area (Å²) in [6.07, 6.45) is -0.727. The zero-order valence-corrected chi connectivity index (χ0v) is 22.5. The summed E-state index contributed by atoms with van der Waals surface area (Å²) in [5.74, 6) is 0.862. The van der Waals surface area contributed by atoms with E-state index in [0.29, 0.717) is 6.54 Å². The molecule has 4 aromatic rings. The molecule has 192 valence electrons. The first-order valence-corrected chi connectivity index (χ1v) is 14.2. The maximum Gasteiger partial charge on any atom is 0.184 e. The molecule has 4 atom stereocenters. The zero-order chi connectivity index (χ0) is 25.8. The third kappa shape index (κ3) is 6.12. The molecule has 0 spiro atoms. The number of aliphatic hydroxyl groups is 1. The minimum Gasteiger partial charge on any atom is -0.392 e. The number of rotatable bonds is 8. The van der Waals surface area contributed by atoms with Crippen LogP contribution in [0.4, 0.5) is 0 Å². The molecular weight excluding hydrogens is 502 g/mol. The second-order valence-electron chi connectivity index (χ2n) is 9.25. The number of nitrogens with two attached hydrogens (primary N) is 1. The van der Waals surface area contributed by atoms with Crippen molar-refractivity contribution in [2.24, 2.45) is 11.7 Å². The van der Waals surface area contributed by atoms with Gasteiger partial charge in [0.15, 0.2) is 10.6 Å². The number of aliphatic hydroxyl groups excluding tert-OH is 1. The molecule has 0 amide bonds. The van der Waals surface area contributed by atoms with Crippen LogP contribution in [0, 0.1) is 12.8 Å². The van der Waals surface area contributed by atoms with Crippen LogP contribution in [0.2, 0.25) is 0 Å². The van der Waals surface area contributed by atoms with Crippen molar-refractivity contribution in [3.8, 4) is 11.1 Å². The molecule has 1 aliphatic rings. The zero-order valence-electron chi connectivity index (χ0n) is 20.9. The van der Waals surface area contributed by atoms with Crippen LogP contribution in [0.5, 0.6) is 0 Å². The summed E-state index contributed by atoms with van der Waals surface area (Å²) < 4.78 is 14.2. The average Bonchev–Trinajstić information content (AvgIpc) is 3.37. The smallest absolute Gasteiger partial charge is 0.184 e. The van der Waals surface area contributed by atoms with Gasteiger partial charge in [-0.1, -0.05) is 90.7 Å². The molecular formula is C29H31N3O3S2. The van der Waals surface area contributed by atoms with Gasteiger partial charge in [0.2, 0.25) is 0 Å². The van der Waals surface area contributed by atoms with Gasteiger partial charge in [-0.15, -0.1) is 10.2 Å². The van der Waals surface area contributed by atoms with Crippen molar-refractivity contribution in [1.29, 1.82) is 0 Å². The lowest BCUT2D eigenvalue weighted by Gasteiger charge is -2.41. The lowest BCUT2D eigenvalue weighted by Crippen LogP contribution is -2.38. The molecule has 1 aromatic heterocycles. The molecule has 0 radical (unpaired) electrons. The standard InChI is InChI=1S/C29H31N3O3S2/c1-18-26(17-36-29-32-31-19(2)37-29)34-28(35-27(18)22-11-9-20(16-33)10-12-22)25-8-4-7-24(14-25)23-6-3-5-21(13-23)15-30/h3-14,18,26-28,33H,15-17,30H2,1-2H3. The Morgan fingerprint density at radius 2 is 1.68 bits per heavy atom. The molecule has 0 saturated carbocycles. The predicted molar refractivity (Wildman–Crippen MR) is 148 cm³/mol. The molecule has 1 fully saturated rings. The Morgan fingerprint density at radius 3 is 2.38 bits per heavy atom.